The highest BCUT2D eigenvalue weighted by molar-refractivity contribution is 6.31. The third kappa shape index (κ3) is 3.56. The lowest BCUT2D eigenvalue weighted by atomic mass is 10.1. The van der Waals surface area contributed by atoms with Crippen LogP contribution in [0.4, 0.5) is 5.82 Å². The van der Waals surface area contributed by atoms with Crippen molar-refractivity contribution >= 4 is 28.3 Å². The van der Waals surface area contributed by atoms with Crippen LogP contribution >= 0.6 is 11.6 Å². The topological polar surface area (TPSA) is 85.1 Å². The minimum absolute atomic E-state index is 0.00356. The second-order valence-corrected chi connectivity index (χ2v) is 7.05. The van der Waals surface area contributed by atoms with Crippen molar-refractivity contribution in [3.8, 4) is 22.8 Å². The van der Waals surface area contributed by atoms with Crippen molar-refractivity contribution in [2.24, 2.45) is 7.05 Å². The third-order valence-electron chi connectivity index (χ3n) is 4.75. The van der Waals surface area contributed by atoms with Crippen LogP contribution in [0.2, 0.25) is 5.02 Å². The lowest BCUT2D eigenvalue weighted by Crippen LogP contribution is -2.04. The van der Waals surface area contributed by atoms with E-state index in [1.54, 1.807) is 6.20 Å². The number of halogens is 1. The van der Waals surface area contributed by atoms with Gasteiger partial charge in [0.25, 0.3) is 0 Å². The van der Waals surface area contributed by atoms with Gasteiger partial charge in [-0.3, -0.25) is 9.67 Å². The van der Waals surface area contributed by atoms with Gasteiger partial charge in [0.1, 0.15) is 29.1 Å². The molecular formula is C21H20ClN5O2. The number of rotatable bonds is 5. The summed E-state index contributed by atoms with van der Waals surface area (Å²) >= 11 is 6.19. The van der Waals surface area contributed by atoms with Crippen LogP contribution in [0.15, 0.2) is 48.9 Å². The molecule has 29 heavy (non-hydrogen) atoms. The molecule has 0 saturated carbocycles. The predicted octanol–water partition coefficient (Wildman–Crippen LogP) is 4.57. The van der Waals surface area contributed by atoms with Crippen LogP contribution in [0, 0.1) is 0 Å². The zero-order valence-corrected chi connectivity index (χ0v) is 17.0. The molecule has 2 N–H and O–H groups in total. The van der Waals surface area contributed by atoms with Gasteiger partial charge in [-0.1, -0.05) is 11.6 Å². The Hall–Kier alpha value is -3.32. The summed E-state index contributed by atoms with van der Waals surface area (Å²) in [7, 11) is 3.73. The first-order valence-corrected chi connectivity index (χ1v) is 9.45. The van der Waals surface area contributed by atoms with E-state index < -0.39 is 6.10 Å². The Morgan fingerprint density at radius 1 is 1.17 bits per heavy atom. The van der Waals surface area contributed by atoms with E-state index in [0.717, 1.165) is 28.0 Å². The fourth-order valence-corrected chi connectivity index (χ4v) is 3.62. The molecule has 3 heterocycles. The molecule has 1 aromatic carbocycles. The molecular weight excluding hydrogens is 390 g/mol. The van der Waals surface area contributed by atoms with E-state index in [1.807, 2.05) is 56.0 Å². The molecule has 0 amide bonds. The van der Waals surface area contributed by atoms with Gasteiger partial charge >= 0.3 is 0 Å². The van der Waals surface area contributed by atoms with E-state index in [2.05, 4.69) is 20.4 Å². The molecule has 0 aliphatic carbocycles. The maximum absolute atomic E-state index is 10.1. The van der Waals surface area contributed by atoms with Crippen LogP contribution < -0.4 is 10.1 Å². The van der Waals surface area contributed by atoms with Crippen LogP contribution in [0.5, 0.6) is 11.5 Å². The molecule has 4 rings (SSSR count). The van der Waals surface area contributed by atoms with Crippen molar-refractivity contribution in [1.82, 2.24) is 19.7 Å². The molecule has 1 unspecified atom stereocenters. The Morgan fingerprint density at radius 2 is 2.00 bits per heavy atom. The van der Waals surface area contributed by atoms with Crippen molar-refractivity contribution in [3.63, 3.8) is 0 Å². The summed E-state index contributed by atoms with van der Waals surface area (Å²) in [6.45, 7) is 1.83. The summed E-state index contributed by atoms with van der Waals surface area (Å²) in [4.78, 5) is 8.26. The number of ether oxygens (including phenoxy) is 1. The molecule has 1 atom stereocenters. The molecule has 0 fully saturated rings. The van der Waals surface area contributed by atoms with Gasteiger partial charge in [0, 0.05) is 37.4 Å². The highest BCUT2D eigenvalue weighted by atomic mass is 35.5. The molecule has 148 valence electrons. The minimum atomic E-state index is -0.459. The maximum Gasteiger partial charge on any atom is 0.142 e. The summed E-state index contributed by atoms with van der Waals surface area (Å²) in [5.41, 5.74) is 3.21. The van der Waals surface area contributed by atoms with Gasteiger partial charge in [-0.25, -0.2) is 4.98 Å². The number of pyridine rings is 2. The molecule has 0 aliphatic heterocycles. The van der Waals surface area contributed by atoms with Crippen molar-refractivity contribution in [1.29, 1.82) is 0 Å². The first-order chi connectivity index (χ1) is 14.0. The third-order valence-corrected chi connectivity index (χ3v) is 5.05. The average Bonchev–Trinajstić information content (AvgIpc) is 3.04. The van der Waals surface area contributed by atoms with Crippen molar-refractivity contribution in [2.45, 2.75) is 13.0 Å². The van der Waals surface area contributed by atoms with E-state index >= 15 is 0 Å². The number of nitrogens with one attached hydrogen (secondary N) is 1. The summed E-state index contributed by atoms with van der Waals surface area (Å²) in [6.07, 6.45) is 4.17. The first-order valence-electron chi connectivity index (χ1n) is 9.08. The van der Waals surface area contributed by atoms with Crippen molar-refractivity contribution in [3.05, 3.63) is 59.5 Å². The molecule has 0 saturated heterocycles. The van der Waals surface area contributed by atoms with Gasteiger partial charge < -0.3 is 15.2 Å². The predicted molar refractivity (Wildman–Crippen MR) is 113 cm³/mol. The second-order valence-electron chi connectivity index (χ2n) is 6.65. The number of anilines is 1. The highest BCUT2D eigenvalue weighted by Crippen LogP contribution is 2.35. The number of aryl methyl sites for hydroxylation is 1. The Labute approximate surface area is 172 Å². The van der Waals surface area contributed by atoms with Gasteiger partial charge in [-0.2, -0.15) is 5.10 Å². The Bertz CT molecular complexity index is 1150. The molecule has 0 spiro atoms. The van der Waals surface area contributed by atoms with E-state index in [0.29, 0.717) is 16.3 Å². The molecule has 0 radical (unpaired) electrons. The molecule has 8 heteroatoms. The Balaban J connectivity index is 1.71. The van der Waals surface area contributed by atoms with Gasteiger partial charge in [0.2, 0.25) is 0 Å². The summed E-state index contributed by atoms with van der Waals surface area (Å²) < 4.78 is 7.90. The van der Waals surface area contributed by atoms with E-state index in [4.69, 9.17) is 16.3 Å². The smallest absolute Gasteiger partial charge is 0.142 e. The number of fused-ring (bicyclic) bond motifs is 1. The van der Waals surface area contributed by atoms with Gasteiger partial charge in [-0.05, 0) is 37.3 Å². The summed E-state index contributed by atoms with van der Waals surface area (Å²) in [6, 6.07) is 9.65. The SMILES string of the molecule is CNc1ccc(-c2nn(C)c3ccc(OC(C)c4c(O)cncc4Cl)cc23)cn1. The van der Waals surface area contributed by atoms with Gasteiger partial charge in [0.05, 0.1) is 22.3 Å². The number of hydrogen-bond donors (Lipinski definition) is 2. The number of nitrogens with zero attached hydrogens (tertiary/aromatic N) is 4. The fourth-order valence-electron chi connectivity index (χ4n) is 3.31. The maximum atomic E-state index is 10.1. The quantitative estimate of drug-likeness (QED) is 0.502. The van der Waals surface area contributed by atoms with Crippen LogP contribution in [-0.4, -0.2) is 31.9 Å². The first kappa shape index (κ1) is 19.0. The highest BCUT2D eigenvalue weighted by Gasteiger charge is 2.18. The zero-order chi connectivity index (χ0) is 20.5. The molecule has 3 aromatic heterocycles. The number of benzene rings is 1. The Kier molecular flexibility index (Phi) is 4.98. The number of hydrogen-bond acceptors (Lipinski definition) is 6. The molecule has 0 aliphatic rings. The van der Waals surface area contributed by atoms with Gasteiger partial charge in [0.15, 0.2) is 0 Å². The number of aromatic hydroxyl groups is 1. The lowest BCUT2D eigenvalue weighted by molar-refractivity contribution is 0.222. The summed E-state index contributed by atoms with van der Waals surface area (Å²) in [5, 5.41) is 19.1. The van der Waals surface area contributed by atoms with Crippen LogP contribution in [-0.2, 0) is 7.05 Å². The molecule has 4 aromatic rings. The van der Waals surface area contributed by atoms with E-state index in [-0.39, 0.29) is 5.75 Å². The second kappa shape index (κ2) is 7.60. The van der Waals surface area contributed by atoms with Crippen molar-refractivity contribution < 1.29 is 9.84 Å². The number of aromatic nitrogens is 4. The van der Waals surface area contributed by atoms with E-state index in [9.17, 15) is 5.11 Å². The molecule has 7 nitrogen and oxygen atoms in total. The average molecular weight is 410 g/mol. The van der Waals surface area contributed by atoms with E-state index in [1.165, 1.54) is 12.4 Å². The Morgan fingerprint density at radius 3 is 2.69 bits per heavy atom. The minimum Gasteiger partial charge on any atom is -0.506 e. The fraction of sp³-hybridized carbons (Fsp3) is 0.190. The summed E-state index contributed by atoms with van der Waals surface area (Å²) in [5.74, 6) is 1.44. The zero-order valence-electron chi connectivity index (χ0n) is 16.2. The lowest BCUT2D eigenvalue weighted by Gasteiger charge is -2.17. The van der Waals surface area contributed by atoms with Crippen LogP contribution in [0.25, 0.3) is 22.2 Å². The monoisotopic (exact) mass is 409 g/mol. The van der Waals surface area contributed by atoms with Crippen LogP contribution in [0.1, 0.15) is 18.6 Å². The van der Waals surface area contributed by atoms with Crippen LogP contribution in [0.3, 0.4) is 0 Å². The van der Waals surface area contributed by atoms with Gasteiger partial charge in [-0.15, -0.1) is 0 Å². The van der Waals surface area contributed by atoms with Crippen molar-refractivity contribution in [2.75, 3.05) is 12.4 Å². The molecule has 0 bridgehead atoms. The standard InChI is InChI=1S/C21H20ClN5O2/c1-12(20-16(22)10-24-11-18(20)28)29-14-5-6-17-15(8-14)21(26-27(17)3)13-4-7-19(23-2)25-9-13/h4-12,28H,1-3H3,(H,23,25). The normalized spacial score (nSPS) is 12.1. The largest absolute Gasteiger partial charge is 0.506 e.